The van der Waals surface area contributed by atoms with Crippen LogP contribution in [0.2, 0.25) is 0 Å². The largest absolute Gasteiger partial charge is 0.395 e. The monoisotopic (exact) mass is 248 g/mol. The number of hydrogen-bond donors (Lipinski definition) is 2. The fraction of sp³-hybridized carbons (Fsp3) is 0.600. The van der Waals surface area contributed by atoms with E-state index < -0.39 is 0 Å². The van der Waals surface area contributed by atoms with Crippen molar-refractivity contribution in [2.24, 2.45) is 0 Å². The van der Waals surface area contributed by atoms with Gasteiger partial charge in [-0.25, -0.2) is 0 Å². The second-order valence-corrected chi connectivity index (χ2v) is 5.05. The van der Waals surface area contributed by atoms with Gasteiger partial charge in [-0.15, -0.1) is 0 Å². The van der Waals surface area contributed by atoms with Gasteiger partial charge in [0.2, 0.25) is 0 Å². The molecule has 1 heterocycles. The lowest BCUT2D eigenvalue weighted by Crippen LogP contribution is -2.46. The van der Waals surface area contributed by atoms with Crippen LogP contribution in [0.5, 0.6) is 0 Å². The number of nitrogens with one attached hydrogen (secondary N) is 1. The van der Waals surface area contributed by atoms with Crippen LogP contribution >= 0.6 is 0 Å². The van der Waals surface area contributed by atoms with Gasteiger partial charge in [0.05, 0.1) is 6.61 Å². The number of piperidine rings is 1. The van der Waals surface area contributed by atoms with Gasteiger partial charge in [0.1, 0.15) is 0 Å². The number of aliphatic hydroxyl groups excluding tert-OH is 1. The van der Waals surface area contributed by atoms with Crippen LogP contribution in [0.15, 0.2) is 30.3 Å². The first-order valence-corrected chi connectivity index (χ1v) is 6.99. The Morgan fingerprint density at radius 1 is 1.28 bits per heavy atom. The number of rotatable bonds is 6. The predicted molar refractivity (Wildman–Crippen MR) is 74.7 cm³/mol. The van der Waals surface area contributed by atoms with Gasteiger partial charge in [-0.2, -0.15) is 0 Å². The fourth-order valence-corrected chi connectivity index (χ4v) is 2.63. The Balaban J connectivity index is 1.72. The number of aliphatic hydroxyl groups is 1. The molecule has 3 heteroatoms. The van der Waals surface area contributed by atoms with Gasteiger partial charge in [-0.3, -0.25) is 0 Å². The van der Waals surface area contributed by atoms with E-state index in [1.54, 1.807) is 0 Å². The number of likely N-dealkylation sites (tertiary alicyclic amines) is 1. The summed E-state index contributed by atoms with van der Waals surface area (Å²) in [6.07, 6.45) is 3.63. The molecule has 0 aromatic heterocycles. The maximum atomic E-state index is 8.84. The van der Waals surface area contributed by atoms with Gasteiger partial charge < -0.3 is 15.3 Å². The van der Waals surface area contributed by atoms with E-state index in [9.17, 15) is 0 Å². The SMILES string of the molecule is OCCNC1CCCN(CCc2ccccc2)C1. The molecule has 2 N–H and O–H groups in total. The van der Waals surface area contributed by atoms with E-state index in [0.29, 0.717) is 6.04 Å². The van der Waals surface area contributed by atoms with Crippen LogP contribution in [0.4, 0.5) is 0 Å². The quantitative estimate of drug-likeness (QED) is 0.796. The first-order valence-electron chi connectivity index (χ1n) is 6.99. The highest BCUT2D eigenvalue weighted by molar-refractivity contribution is 5.14. The maximum absolute atomic E-state index is 8.84. The summed E-state index contributed by atoms with van der Waals surface area (Å²) in [6, 6.07) is 11.2. The number of benzene rings is 1. The molecule has 1 aliphatic heterocycles. The molecule has 2 rings (SSSR count). The summed E-state index contributed by atoms with van der Waals surface area (Å²) in [5, 5.41) is 12.2. The molecule has 100 valence electrons. The Bertz CT molecular complexity index is 329. The zero-order valence-electron chi connectivity index (χ0n) is 11.0. The summed E-state index contributed by atoms with van der Waals surface area (Å²) in [7, 11) is 0. The van der Waals surface area contributed by atoms with Crippen molar-refractivity contribution >= 4 is 0 Å². The van der Waals surface area contributed by atoms with E-state index in [1.165, 1.54) is 24.9 Å². The average molecular weight is 248 g/mol. The molecule has 1 unspecified atom stereocenters. The molecule has 1 saturated heterocycles. The molecule has 0 saturated carbocycles. The summed E-state index contributed by atoms with van der Waals surface area (Å²) < 4.78 is 0. The van der Waals surface area contributed by atoms with Gasteiger partial charge >= 0.3 is 0 Å². The normalized spacial score (nSPS) is 21.1. The van der Waals surface area contributed by atoms with Gasteiger partial charge in [0, 0.05) is 25.7 Å². The lowest BCUT2D eigenvalue weighted by atomic mass is 10.0. The van der Waals surface area contributed by atoms with Crippen molar-refractivity contribution in [1.82, 2.24) is 10.2 Å². The lowest BCUT2D eigenvalue weighted by molar-refractivity contribution is 0.185. The number of hydrogen-bond acceptors (Lipinski definition) is 3. The van der Waals surface area contributed by atoms with Crippen LogP contribution in [-0.4, -0.2) is 48.8 Å². The van der Waals surface area contributed by atoms with Crippen molar-refractivity contribution in [2.45, 2.75) is 25.3 Å². The summed E-state index contributed by atoms with van der Waals surface area (Å²) in [4.78, 5) is 2.53. The highest BCUT2D eigenvalue weighted by atomic mass is 16.3. The highest BCUT2D eigenvalue weighted by Gasteiger charge is 2.18. The second kappa shape index (κ2) is 7.52. The van der Waals surface area contributed by atoms with E-state index in [2.05, 4.69) is 40.5 Å². The van der Waals surface area contributed by atoms with E-state index in [1.807, 2.05) is 0 Å². The standard InChI is InChI=1S/C15H24N2O/c18-12-9-16-15-7-4-10-17(13-15)11-8-14-5-2-1-3-6-14/h1-3,5-6,15-16,18H,4,7-13H2. The topological polar surface area (TPSA) is 35.5 Å². The Labute approximate surface area is 110 Å². The third kappa shape index (κ3) is 4.41. The van der Waals surface area contributed by atoms with Crippen LogP contribution < -0.4 is 5.32 Å². The molecule has 18 heavy (non-hydrogen) atoms. The van der Waals surface area contributed by atoms with Crippen molar-refractivity contribution in [3.63, 3.8) is 0 Å². The zero-order valence-corrected chi connectivity index (χ0v) is 11.0. The van der Waals surface area contributed by atoms with Crippen LogP contribution in [0.3, 0.4) is 0 Å². The number of nitrogens with zero attached hydrogens (tertiary/aromatic N) is 1. The maximum Gasteiger partial charge on any atom is 0.0556 e. The van der Waals surface area contributed by atoms with Crippen molar-refractivity contribution in [2.75, 3.05) is 32.8 Å². The summed E-state index contributed by atoms with van der Waals surface area (Å²) in [5.41, 5.74) is 1.42. The molecular formula is C15H24N2O. The summed E-state index contributed by atoms with van der Waals surface area (Å²) >= 11 is 0. The van der Waals surface area contributed by atoms with Crippen molar-refractivity contribution in [3.05, 3.63) is 35.9 Å². The van der Waals surface area contributed by atoms with Crippen LogP contribution in [0, 0.1) is 0 Å². The molecule has 0 radical (unpaired) electrons. The van der Waals surface area contributed by atoms with Gasteiger partial charge in [0.15, 0.2) is 0 Å². The van der Waals surface area contributed by atoms with Crippen LogP contribution in [0.1, 0.15) is 18.4 Å². The average Bonchev–Trinajstić information content (AvgIpc) is 2.44. The fourth-order valence-electron chi connectivity index (χ4n) is 2.63. The Kier molecular flexibility index (Phi) is 5.65. The van der Waals surface area contributed by atoms with Crippen LogP contribution in [-0.2, 0) is 6.42 Å². The highest BCUT2D eigenvalue weighted by Crippen LogP contribution is 2.11. The molecule has 0 bridgehead atoms. The molecule has 0 aliphatic carbocycles. The summed E-state index contributed by atoms with van der Waals surface area (Å²) in [6.45, 7) is 4.43. The molecule has 0 amide bonds. The molecule has 1 fully saturated rings. The van der Waals surface area contributed by atoms with Gasteiger partial charge in [-0.1, -0.05) is 30.3 Å². The van der Waals surface area contributed by atoms with Crippen LogP contribution in [0.25, 0.3) is 0 Å². The molecule has 3 nitrogen and oxygen atoms in total. The molecule has 1 atom stereocenters. The lowest BCUT2D eigenvalue weighted by Gasteiger charge is -2.33. The smallest absolute Gasteiger partial charge is 0.0556 e. The molecule has 1 aliphatic rings. The molecule has 1 aromatic rings. The summed E-state index contributed by atoms with van der Waals surface area (Å²) in [5.74, 6) is 0. The minimum atomic E-state index is 0.237. The second-order valence-electron chi connectivity index (χ2n) is 5.05. The first-order chi connectivity index (χ1) is 8.88. The van der Waals surface area contributed by atoms with E-state index in [0.717, 1.165) is 26.1 Å². The zero-order chi connectivity index (χ0) is 12.6. The Hall–Kier alpha value is -0.900. The third-order valence-corrected chi connectivity index (χ3v) is 3.61. The van der Waals surface area contributed by atoms with E-state index in [-0.39, 0.29) is 6.61 Å². The first kappa shape index (κ1) is 13.5. The minimum absolute atomic E-state index is 0.237. The predicted octanol–water partition coefficient (Wildman–Crippen LogP) is 1.28. The van der Waals surface area contributed by atoms with Crippen molar-refractivity contribution < 1.29 is 5.11 Å². The van der Waals surface area contributed by atoms with E-state index in [4.69, 9.17) is 5.11 Å². The van der Waals surface area contributed by atoms with Gasteiger partial charge in [-0.05, 0) is 31.4 Å². The molecule has 1 aromatic carbocycles. The van der Waals surface area contributed by atoms with Gasteiger partial charge in [0.25, 0.3) is 0 Å². The molecule has 0 spiro atoms. The third-order valence-electron chi connectivity index (χ3n) is 3.61. The molecular weight excluding hydrogens is 224 g/mol. The van der Waals surface area contributed by atoms with E-state index >= 15 is 0 Å². The van der Waals surface area contributed by atoms with Crippen molar-refractivity contribution in [3.8, 4) is 0 Å². The minimum Gasteiger partial charge on any atom is -0.395 e. The Morgan fingerprint density at radius 3 is 2.89 bits per heavy atom. The Morgan fingerprint density at radius 2 is 2.11 bits per heavy atom. The van der Waals surface area contributed by atoms with Crippen molar-refractivity contribution in [1.29, 1.82) is 0 Å².